The van der Waals surface area contributed by atoms with Crippen LogP contribution >= 0.6 is 0 Å². The molecule has 1 amide bonds. The minimum Gasteiger partial charge on any atom is -0.319 e. The number of aromatic nitrogens is 1. The van der Waals surface area contributed by atoms with Crippen LogP contribution in [0.1, 0.15) is 10.4 Å². The van der Waals surface area contributed by atoms with E-state index in [1.54, 1.807) is 0 Å². The number of nitrogens with zero attached hydrogens (tertiary/aromatic N) is 1. The molecular formula is C13H9F3N2O2. The molecule has 0 radical (unpaired) electrons. The normalized spacial score (nSPS) is 10.4. The Hall–Kier alpha value is -2.57. The number of carbonyl (C=O) groups is 1. The Kier molecular flexibility index (Phi) is 3.60. The third-order valence-electron chi connectivity index (χ3n) is 2.63. The molecule has 0 spiro atoms. The van der Waals surface area contributed by atoms with E-state index in [0.717, 1.165) is 16.7 Å². The summed E-state index contributed by atoms with van der Waals surface area (Å²) in [6, 6.07) is 4.02. The van der Waals surface area contributed by atoms with Crippen molar-refractivity contribution in [2.24, 2.45) is 7.05 Å². The van der Waals surface area contributed by atoms with Crippen LogP contribution in [0, 0.1) is 17.5 Å². The molecule has 2 aromatic rings. The van der Waals surface area contributed by atoms with Gasteiger partial charge in [-0.15, -0.1) is 0 Å². The Morgan fingerprint density at radius 1 is 1.10 bits per heavy atom. The topological polar surface area (TPSA) is 51.1 Å². The van der Waals surface area contributed by atoms with Crippen LogP contribution in [0.4, 0.5) is 18.9 Å². The number of hydrogen-bond donors (Lipinski definition) is 1. The highest BCUT2D eigenvalue weighted by molar-refractivity contribution is 6.04. The highest BCUT2D eigenvalue weighted by Crippen LogP contribution is 2.20. The van der Waals surface area contributed by atoms with Crippen molar-refractivity contribution in [2.75, 3.05) is 5.32 Å². The lowest BCUT2D eigenvalue weighted by atomic mass is 10.2. The summed E-state index contributed by atoms with van der Waals surface area (Å²) in [6.07, 6.45) is 1.25. The fourth-order valence-electron chi connectivity index (χ4n) is 1.55. The minimum atomic E-state index is -1.66. The molecule has 0 fully saturated rings. The Balaban J connectivity index is 2.30. The number of carbonyl (C=O) groups excluding carboxylic acids is 1. The smallest absolute Gasteiger partial charge is 0.257 e. The lowest BCUT2D eigenvalue weighted by Gasteiger charge is -2.08. The number of aryl methyl sites for hydroxylation is 1. The Bertz CT molecular complexity index is 741. The van der Waals surface area contributed by atoms with Gasteiger partial charge in [0.2, 0.25) is 5.56 Å². The summed E-state index contributed by atoms with van der Waals surface area (Å²) in [4.78, 5) is 23.0. The molecule has 0 aliphatic carbocycles. The zero-order valence-corrected chi connectivity index (χ0v) is 10.3. The van der Waals surface area contributed by atoms with E-state index in [1.807, 2.05) is 0 Å². The number of halogens is 3. The largest absolute Gasteiger partial charge is 0.319 e. The van der Waals surface area contributed by atoms with Gasteiger partial charge in [-0.3, -0.25) is 9.59 Å². The molecule has 7 heteroatoms. The first-order valence-corrected chi connectivity index (χ1v) is 5.51. The van der Waals surface area contributed by atoms with Crippen LogP contribution in [-0.4, -0.2) is 10.5 Å². The molecule has 4 nitrogen and oxygen atoms in total. The summed E-state index contributed by atoms with van der Waals surface area (Å²) in [6.45, 7) is 0. The van der Waals surface area contributed by atoms with Crippen molar-refractivity contribution in [2.45, 2.75) is 0 Å². The summed E-state index contributed by atoms with van der Waals surface area (Å²) in [5, 5.41) is 2.11. The van der Waals surface area contributed by atoms with Gasteiger partial charge < -0.3 is 9.88 Å². The summed E-state index contributed by atoms with van der Waals surface area (Å²) >= 11 is 0. The molecule has 0 bridgehead atoms. The van der Waals surface area contributed by atoms with Crippen LogP contribution in [0.5, 0.6) is 0 Å². The van der Waals surface area contributed by atoms with Gasteiger partial charge in [-0.25, -0.2) is 13.2 Å². The molecule has 1 aromatic heterocycles. The van der Waals surface area contributed by atoms with E-state index in [1.165, 1.54) is 19.3 Å². The summed E-state index contributed by atoms with van der Waals surface area (Å²) in [7, 11) is 1.44. The number of nitrogens with one attached hydrogen (secondary N) is 1. The maximum atomic E-state index is 13.4. The van der Waals surface area contributed by atoms with Crippen molar-refractivity contribution < 1.29 is 18.0 Å². The first-order chi connectivity index (χ1) is 9.40. The molecule has 1 N–H and O–H groups in total. The molecule has 0 aliphatic rings. The second kappa shape index (κ2) is 5.20. The molecule has 104 valence electrons. The first-order valence-electron chi connectivity index (χ1n) is 5.51. The zero-order valence-electron chi connectivity index (χ0n) is 10.3. The van der Waals surface area contributed by atoms with Gasteiger partial charge in [0.25, 0.3) is 5.91 Å². The van der Waals surface area contributed by atoms with Crippen LogP contribution in [0.25, 0.3) is 0 Å². The quantitative estimate of drug-likeness (QED) is 0.857. The average molecular weight is 282 g/mol. The van der Waals surface area contributed by atoms with E-state index >= 15 is 0 Å². The molecule has 0 aliphatic heterocycles. The number of anilines is 1. The van der Waals surface area contributed by atoms with Crippen LogP contribution in [0.3, 0.4) is 0 Å². The summed E-state index contributed by atoms with van der Waals surface area (Å²) in [5.41, 5.74) is -0.723. The third kappa shape index (κ3) is 2.56. The molecule has 0 atom stereocenters. The van der Waals surface area contributed by atoms with Crippen molar-refractivity contribution in [3.63, 3.8) is 0 Å². The van der Waals surface area contributed by atoms with E-state index in [4.69, 9.17) is 0 Å². The zero-order chi connectivity index (χ0) is 14.9. The van der Waals surface area contributed by atoms with Gasteiger partial charge in [-0.1, -0.05) is 0 Å². The second-order valence-corrected chi connectivity index (χ2v) is 4.04. The van der Waals surface area contributed by atoms with Gasteiger partial charge >= 0.3 is 0 Å². The first kappa shape index (κ1) is 13.9. The van der Waals surface area contributed by atoms with Gasteiger partial charge in [0, 0.05) is 19.3 Å². The average Bonchev–Trinajstić information content (AvgIpc) is 2.42. The van der Waals surface area contributed by atoms with E-state index in [-0.39, 0.29) is 11.1 Å². The van der Waals surface area contributed by atoms with Gasteiger partial charge in [0.1, 0.15) is 0 Å². The molecule has 0 saturated heterocycles. The highest BCUT2D eigenvalue weighted by atomic mass is 19.2. The lowest BCUT2D eigenvalue weighted by Crippen LogP contribution is -2.20. The highest BCUT2D eigenvalue weighted by Gasteiger charge is 2.16. The number of amides is 1. The van der Waals surface area contributed by atoms with Crippen LogP contribution in [0.15, 0.2) is 35.3 Å². The Labute approximate surface area is 111 Å². The second-order valence-electron chi connectivity index (χ2n) is 4.04. The number of benzene rings is 1. The predicted octanol–water partition coefficient (Wildman–Crippen LogP) is 2.05. The fourth-order valence-corrected chi connectivity index (χ4v) is 1.55. The van der Waals surface area contributed by atoms with E-state index in [2.05, 4.69) is 5.32 Å². The van der Waals surface area contributed by atoms with Gasteiger partial charge in [-0.05, 0) is 18.2 Å². The molecule has 1 heterocycles. The van der Waals surface area contributed by atoms with Crippen molar-refractivity contribution in [1.29, 1.82) is 0 Å². The number of hydrogen-bond acceptors (Lipinski definition) is 2. The maximum Gasteiger partial charge on any atom is 0.257 e. The van der Waals surface area contributed by atoms with Crippen molar-refractivity contribution in [3.8, 4) is 0 Å². The van der Waals surface area contributed by atoms with Crippen LogP contribution in [0.2, 0.25) is 0 Å². The SMILES string of the molecule is Cn1cc(C(=O)Nc2ccc(F)c(F)c2F)ccc1=O. The molecular weight excluding hydrogens is 273 g/mol. The van der Waals surface area contributed by atoms with E-state index < -0.39 is 29.0 Å². The molecule has 0 unspecified atom stereocenters. The number of rotatable bonds is 2. The van der Waals surface area contributed by atoms with Gasteiger partial charge in [0.05, 0.1) is 11.3 Å². The monoisotopic (exact) mass is 282 g/mol. The Morgan fingerprint density at radius 3 is 2.45 bits per heavy atom. The molecule has 2 rings (SSSR count). The van der Waals surface area contributed by atoms with Crippen molar-refractivity contribution in [1.82, 2.24) is 4.57 Å². The lowest BCUT2D eigenvalue weighted by molar-refractivity contribution is 0.102. The predicted molar refractivity (Wildman–Crippen MR) is 66.0 cm³/mol. The van der Waals surface area contributed by atoms with Gasteiger partial charge in [-0.2, -0.15) is 0 Å². The maximum absolute atomic E-state index is 13.4. The van der Waals surface area contributed by atoms with Crippen LogP contribution < -0.4 is 10.9 Å². The summed E-state index contributed by atoms with van der Waals surface area (Å²) < 4.78 is 40.3. The van der Waals surface area contributed by atoms with E-state index in [0.29, 0.717) is 6.07 Å². The number of pyridine rings is 1. The fraction of sp³-hybridized carbons (Fsp3) is 0.0769. The minimum absolute atomic E-state index is 0.0798. The van der Waals surface area contributed by atoms with E-state index in [9.17, 15) is 22.8 Å². The van der Waals surface area contributed by atoms with Crippen molar-refractivity contribution in [3.05, 3.63) is 63.8 Å². The van der Waals surface area contributed by atoms with Crippen molar-refractivity contribution >= 4 is 11.6 Å². The molecule has 1 aromatic carbocycles. The third-order valence-corrected chi connectivity index (χ3v) is 2.63. The standard InChI is InChI=1S/C13H9F3N2O2/c1-18-6-7(2-5-10(18)19)13(20)17-9-4-3-8(14)11(15)12(9)16/h2-6H,1H3,(H,17,20). The summed E-state index contributed by atoms with van der Waals surface area (Å²) in [5.74, 6) is -5.24. The Morgan fingerprint density at radius 2 is 1.80 bits per heavy atom. The van der Waals surface area contributed by atoms with Crippen LogP contribution in [-0.2, 0) is 7.05 Å². The molecule has 20 heavy (non-hydrogen) atoms. The van der Waals surface area contributed by atoms with Gasteiger partial charge in [0.15, 0.2) is 17.5 Å². The molecule has 0 saturated carbocycles.